The van der Waals surface area contributed by atoms with Crippen molar-refractivity contribution in [3.05, 3.63) is 18.0 Å². The van der Waals surface area contributed by atoms with Crippen LogP contribution in [0.15, 0.2) is 12.1 Å². The van der Waals surface area contributed by atoms with Gasteiger partial charge in [0.15, 0.2) is 11.5 Å². The molecule has 5 rings (SSSR count). The van der Waals surface area contributed by atoms with E-state index in [1.165, 1.54) is 19.4 Å². The number of hydrogen-bond acceptors (Lipinski definition) is 7. The van der Waals surface area contributed by atoms with E-state index < -0.39 is 0 Å². The maximum Gasteiger partial charge on any atom is 0.178 e. The third kappa shape index (κ3) is 4.39. The molecule has 0 aromatic carbocycles. The highest BCUT2D eigenvalue weighted by molar-refractivity contribution is 5.46. The van der Waals surface area contributed by atoms with E-state index in [9.17, 15) is 0 Å². The number of fused-ring (bicyclic) bond motifs is 1. The van der Waals surface area contributed by atoms with Gasteiger partial charge in [0.1, 0.15) is 5.82 Å². The van der Waals surface area contributed by atoms with E-state index in [1.54, 1.807) is 0 Å². The van der Waals surface area contributed by atoms with Gasteiger partial charge in [-0.25, -0.2) is 0 Å². The molecule has 0 unspecified atom stereocenters. The molecule has 3 aliphatic heterocycles. The highest BCUT2D eigenvalue weighted by Gasteiger charge is 2.26. The molecule has 0 saturated carbocycles. The molecule has 29 heavy (non-hydrogen) atoms. The molecular formula is C21H33N7O. The lowest BCUT2D eigenvalue weighted by molar-refractivity contribution is 0.134. The molecule has 0 spiro atoms. The number of anilines is 1. The second kappa shape index (κ2) is 8.93. The van der Waals surface area contributed by atoms with E-state index in [0.29, 0.717) is 5.92 Å². The lowest BCUT2D eigenvalue weighted by Crippen LogP contribution is -2.40. The molecule has 3 fully saturated rings. The first kappa shape index (κ1) is 19.2. The fraction of sp³-hybridized carbons (Fsp3) is 0.762. The van der Waals surface area contributed by atoms with E-state index >= 15 is 0 Å². The lowest BCUT2D eigenvalue weighted by Gasteiger charge is -2.32. The van der Waals surface area contributed by atoms with Crippen LogP contribution in [0.25, 0.3) is 5.65 Å². The molecule has 2 aromatic heterocycles. The molecule has 3 aliphatic rings. The summed E-state index contributed by atoms with van der Waals surface area (Å²) < 4.78 is 7.57. The molecule has 0 atom stereocenters. The fourth-order valence-electron chi connectivity index (χ4n) is 4.88. The van der Waals surface area contributed by atoms with Gasteiger partial charge in [-0.2, -0.15) is 4.52 Å². The zero-order chi connectivity index (χ0) is 19.5. The monoisotopic (exact) mass is 399 g/mol. The Labute approximate surface area is 172 Å². The molecule has 0 N–H and O–H groups in total. The van der Waals surface area contributed by atoms with Gasteiger partial charge in [-0.05, 0) is 57.3 Å². The average Bonchev–Trinajstić information content (AvgIpc) is 3.37. The Morgan fingerprint density at radius 3 is 2.45 bits per heavy atom. The predicted octanol–water partition coefficient (Wildman–Crippen LogP) is 1.63. The van der Waals surface area contributed by atoms with E-state index in [2.05, 4.69) is 37.0 Å². The van der Waals surface area contributed by atoms with Gasteiger partial charge >= 0.3 is 0 Å². The Hall–Kier alpha value is -1.77. The van der Waals surface area contributed by atoms with Crippen molar-refractivity contribution in [1.29, 1.82) is 0 Å². The fourth-order valence-corrected chi connectivity index (χ4v) is 4.88. The molecule has 2 aromatic rings. The topological polar surface area (TPSA) is 62.0 Å². The smallest absolute Gasteiger partial charge is 0.178 e. The van der Waals surface area contributed by atoms with Crippen LogP contribution in [0.4, 0.5) is 5.82 Å². The first-order chi connectivity index (χ1) is 14.4. The number of nitrogens with zero attached hydrogens (tertiary/aromatic N) is 7. The molecule has 3 saturated heterocycles. The average molecular weight is 400 g/mol. The Kier molecular flexibility index (Phi) is 5.92. The van der Waals surface area contributed by atoms with Crippen LogP contribution in [0.1, 0.15) is 43.8 Å². The maximum absolute atomic E-state index is 5.57. The van der Waals surface area contributed by atoms with Crippen LogP contribution in [0.3, 0.4) is 0 Å². The van der Waals surface area contributed by atoms with E-state index in [1.807, 2.05) is 4.52 Å². The molecule has 0 radical (unpaired) electrons. The molecule has 5 heterocycles. The second-order valence-corrected chi connectivity index (χ2v) is 8.64. The summed E-state index contributed by atoms with van der Waals surface area (Å²) in [6.07, 6.45) is 5.96. The van der Waals surface area contributed by atoms with Gasteiger partial charge in [-0.3, -0.25) is 4.90 Å². The third-order valence-electron chi connectivity index (χ3n) is 6.70. The second-order valence-electron chi connectivity index (χ2n) is 8.64. The molecule has 8 nitrogen and oxygen atoms in total. The van der Waals surface area contributed by atoms with Crippen molar-refractivity contribution in [3.8, 4) is 0 Å². The minimum absolute atomic E-state index is 0.453. The van der Waals surface area contributed by atoms with E-state index in [0.717, 1.165) is 95.6 Å². The highest BCUT2D eigenvalue weighted by Crippen LogP contribution is 2.27. The number of hydrogen-bond donors (Lipinski definition) is 0. The Morgan fingerprint density at radius 2 is 1.62 bits per heavy atom. The number of aromatic nitrogens is 4. The van der Waals surface area contributed by atoms with Crippen LogP contribution >= 0.6 is 0 Å². The number of rotatable bonds is 5. The Bertz CT molecular complexity index is 787. The van der Waals surface area contributed by atoms with Crippen molar-refractivity contribution in [3.63, 3.8) is 0 Å². The summed E-state index contributed by atoms with van der Waals surface area (Å²) in [7, 11) is 0. The predicted molar refractivity (Wildman–Crippen MR) is 113 cm³/mol. The zero-order valence-electron chi connectivity index (χ0n) is 17.4. The van der Waals surface area contributed by atoms with Crippen LogP contribution < -0.4 is 4.90 Å². The van der Waals surface area contributed by atoms with Gasteiger partial charge in [0, 0.05) is 51.8 Å². The summed E-state index contributed by atoms with van der Waals surface area (Å²) in [6, 6.07) is 4.16. The van der Waals surface area contributed by atoms with Gasteiger partial charge in [-0.1, -0.05) is 0 Å². The van der Waals surface area contributed by atoms with Gasteiger partial charge in [0.05, 0.1) is 6.61 Å². The first-order valence-electron chi connectivity index (χ1n) is 11.4. The van der Waals surface area contributed by atoms with Crippen LogP contribution in [0.5, 0.6) is 0 Å². The molecule has 8 heteroatoms. The van der Waals surface area contributed by atoms with Gasteiger partial charge in [0.25, 0.3) is 0 Å². The lowest BCUT2D eigenvalue weighted by atomic mass is 9.96. The Morgan fingerprint density at radius 1 is 0.828 bits per heavy atom. The normalized spacial score (nSPS) is 23.1. The maximum atomic E-state index is 5.57. The summed E-state index contributed by atoms with van der Waals surface area (Å²) in [5.74, 6) is 2.56. The minimum Gasteiger partial charge on any atom is -0.380 e. The summed E-state index contributed by atoms with van der Waals surface area (Å²) >= 11 is 0. The summed E-state index contributed by atoms with van der Waals surface area (Å²) in [5.41, 5.74) is 0.869. The van der Waals surface area contributed by atoms with E-state index in [-0.39, 0.29) is 0 Å². The molecule has 0 amide bonds. The molecule has 0 bridgehead atoms. The van der Waals surface area contributed by atoms with Crippen molar-refractivity contribution in [1.82, 2.24) is 29.6 Å². The molecule has 0 aliphatic carbocycles. The SMILES string of the molecule is c1cc2nnc(C3CCN(CCN4CCCOCC4)CC3)n2nc1N1CCCC1. The van der Waals surface area contributed by atoms with Crippen LogP contribution in [0.2, 0.25) is 0 Å². The largest absolute Gasteiger partial charge is 0.380 e. The minimum atomic E-state index is 0.453. The quantitative estimate of drug-likeness (QED) is 0.757. The van der Waals surface area contributed by atoms with Crippen LogP contribution in [0, 0.1) is 0 Å². The summed E-state index contributed by atoms with van der Waals surface area (Å²) in [4.78, 5) is 7.53. The van der Waals surface area contributed by atoms with E-state index in [4.69, 9.17) is 9.84 Å². The highest BCUT2D eigenvalue weighted by atomic mass is 16.5. The van der Waals surface area contributed by atoms with Crippen LogP contribution in [-0.4, -0.2) is 95.2 Å². The molecule has 158 valence electrons. The Balaban J connectivity index is 1.19. The third-order valence-corrected chi connectivity index (χ3v) is 6.70. The van der Waals surface area contributed by atoms with Gasteiger partial charge in [-0.15, -0.1) is 15.3 Å². The summed E-state index contributed by atoms with van der Waals surface area (Å²) in [6.45, 7) is 10.9. The molecular weight excluding hydrogens is 366 g/mol. The van der Waals surface area contributed by atoms with Gasteiger partial charge < -0.3 is 14.5 Å². The van der Waals surface area contributed by atoms with Crippen molar-refractivity contribution in [2.24, 2.45) is 0 Å². The van der Waals surface area contributed by atoms with Gasteiger partial charge in [0.2, 0.25) is 0 Å². The summed E-state index contributed by atoms with van der Waals surface area (Å²) in [5, 5.41) is 13.8. The number of likely N-dealkylation sites (tertiary alicyclic amines) is 1. The zero-order valence-corrected chi connectivity index (χ0v) is 17.4. The number of ether oxygens (including phenoxy) is 1. The number of piperidine rings is 1. The standard InChI is InChI=1S/C21H33N7O/c1-2-10-27(9-1)20-5-4-19-22-23-21(28(19)24-20)18-6-11-26(12-7-18)14-13-25-8-3-16-29-17-15-25/h4-5,18H,1-3,6-17H2. The van der Waals surface area contributed by atoms with Crippen molar-refractivity contribution in [2.75, 3.05) is 70.5 Å². The van der Waals surface area contributed by atoms with Crippen LogP contribution in [-0.2, 0) is 4.74 Å². The van der Waals surface area contributed by atoms with Crippen molar-refractivity contribution >= 4 is 11.5 Å². The van der Waals surface area contributed by atoms with Crippen molar-refractivity contribution < 1.29 is 4.74 Å². The van der Waals surface area contributed by atoms with Crippen molar-refractivity contribution in [2.45, 2.75) is 38.0 Å². The first-order valence-corrected chi connectivity index (χ1v) is 11.4.